The molecule has 0 aliphatic heterocycles. The van der Waals surface area contributed by atoms with Gasteiger partial charge in [-0.25, -0.2) is 0 Å². The molecule has 0 radical (unpaired) electrons. The van der Waals surface area contributed by atoms with E-state index in [4.69, 9.17) is 0 Å². The van der Waals surface area contributed by atoms with E-state index in [1.807, 2.05) is 20.8 Å². The second-order valence-corrected chi connectivity index (χ2v) is 7.24. The number of nitrogens with zero attached hydrogens (tertiary/aromatic N) is 1. The Hall–Kier alpha value is -1.26. The van der Waals surface area contributed by atoms with E-state index in [1.165, 1.54) is 44.9 Å². The van der Waals surface area contributed by atoms with E-state index < -0.39 is 5.41 Å². The Morgan fingerprint density at radius 1 is 1.13 bits per heavy atom. The molecule has 1 aliphatic carbocycles. The molecule has 0 unspecified atom stereocenters. The molecule has 0 spiro atoms. The van der Waals surface area contributed by atoms with Crippen LogP contribution in [0.15, 0.2) is 4.99 Å². The average molecular weight is 325 g/mol. The number of rotatable bonds is 9. The topological polar surface area (TPSA) is 65.5 Å². The highest BCUT2D eigenvalue weighted by molar-refractivity contribution is 5.84. The molecule has 0 heterocycles. The number of nitrogens with one attached hydrogen (secondary N) is 3. The molecule has 0 atom stereocenters. The highest BCUT2D eigenvalue weighted by Crippen LogP contribution is 2.28. The number of carbonyl (C=O) groups is 1. The Bertz CT molecular complexity index is 373. The van der Waals surface area contributed by atoms with E-state index in [9.17, 15) is 4.79 Å². The van der Waals surface area contributed by atoms with Gasteiger partial charge in [0.15, 0.2) is 5.96 Å². The van der Waals surface area contributed by atoms with Gasteiger partial charge in [0.2, 0.25) is 5.91 Å². The maximum absolute atomic E-state index is 12.0. The molecule has 0 aromatic heterocycles. The lowest BCUT2D eigenvalue weighted by Crippen LogP contribution is -2.48. The van der Waals surface area contributed by atoms with Gasteiger partial charge >= 0.3 is 0 Å². The quantitative estimate of drug-likeness (QED) is 0.347. The molecule has 0 aromatic carbocycles. The lowest BCUT2D eigenvalue weighted by atomic mass is 9.92. The van der Waals surface area contributed by atoms with Crippen LogP contribution in [0.2, 0.25) is 0 Å². The standard InChI is InChI=1S/C18H36N4O/c1-5-20-16(23)18(2,3)14-22-17(19-4)21-13-9-8-12-15-10-6-7-11-15/h15H,5-14H2,1-4H3,(H,20,23)(H2,19,21,22). The van der Waals surface area contributed by atoms with Crippen molar-refractivity contribution in [3.63, 3.8) is 0 Å². The summed E-state index contributed by atoms with van der Waals surface area (Å²) in [5.41, 5.74) is -0.448. The number of guanidine groups is 1. The van der Waals surface area contributed by atoms with Gasteiger partial charge in [0.25, 0.3) is 0 Å². The van der Waals surface area contributed by atoms with Crippen LogP contribution < -0.4 is 16.0 Å². The summed E-state index contributed by atoms with van der Waals surface area (Å²) in [5.74, 6) is 1.83. The average Bonchev–Trinajstić information content (AvgIpc) is 3.03. The predicted octanol–water partition coefficient (Wildman–Crippen LogP) is 2.67. The molecule has 23 heavy (non-hydrogen) atoms. The highest BCUT2D eigenvalue weighted by atomic mass is 16.2. The van der Waals surface area contributed by atoms with Crippen molar-refractivity contribution < 1.29 is 4.79 Å². The van der Waals surface area contributed by atoms with Gasteiger partial charge in [-0.15, -0.1) is 0 Å². The van der Waals surface area contributed by atoms with Crippen LogP contribution in [0, 0.1) is 11.3 Å². The highest BCUT2D eigenvalue weighted by Gasteiger charge is 2.27. The maximum Gasteiger partial charge on any atom is 0.227 e. The van der Waals surface area contributed by atoms with Crippen LogP contribution in [-0.2, 0) is 4.79 Å². The summed E-state index contributed by atoms with van der Waals surface area (Å²) in [6.45, 7) is 8.00. The van der Waals surface area contributed by atoms with Crippen molar-refractivity contribution in [2.75, 3.05) is 26.7 Å². The van der Waals surface area contributed by atoms with Gasteiger partial charge < -0.3 is 16.0 Å². The van der Waals surface area contributed by atoms with Crippen molar-refractivity contribution in [1.29, 1.82) is 0 Å². The van der Waals surface area contributed by atoms with Gasteiger partial charge in [0.05, 0.1) is 5.41 Å². The normalized spacial score (nSPS) is 16.4. The summed E-state index contributed by atoms with van der Waals surface area (Å²) in [6, 6.07) is 0. The Labute approximate surface area is 142 Å². The molecule has 0 aromatic rings. The number of hydrogen-bond acceptors (Lipinski definition) is 2. The van der Waals surface area contributed by atoms with Gasteiger partial charge in [0.1, 0.15) is 0 Å². The Morgan fingerprint density at radius 3 is 2.43 bits per heavy atom. The molecule has 0 saturated heterocycles. The monoisotopic (exact) mass is 324 g/mol. The first kappa shape index (κ1) is 19.8. The van der Waals surface area contributed by atoms with Crippen LogP contribution in [0.25, 0.3) is 0 Å². The van der Waals surface area contributed by atoms with Crippen LogP contribution in [0.5, 0.6) is 0 Å². The molecule has 0 bridgehead atoms. The van der Waals surface area contributed by atoms with Crippen LogP contribution in [0.4, 0.5) is 0 Å². The van der Waals surface area contributed by atoms with Gasteiger partial charge in [-0.3, -0.25) is 9.79 Å². The zero-order valence-corrected chi connectivity index (χ0v) is 15.5. The zero-order valence-electron chi connectivity index (χ0n) is 15.5. The predicted molar refractivity (Wildman–Crippen MR) is 97.6 cm³/mol. The van der Waals surface area contributed by atoms with E-state index in [2.05, 4.69) is 20.9 Å². The van der Waals surface area contributed by atoms with Gasteiger partial charge in [-0.2, -0.15) is 0 Å². The molecule has 134 valence electrons. The van der Waals surface area contributed by atoms with Crippen LogP contribution in [0.1, 0.15) is 65.7 Å². The Morgan fingerprint density at radius 2 is 1.83 bits per heavy atom. The molecular weight excluding hydrogens is 288 g/mol. The Balaban J connectivity index is 2.17. The van der Waals surface area contributed by atoms with Gasteiger partial charge in [-0.05, 0) is 33.1 Å². The summed E-state index contributed by atoms with van der Waals surface area (Å²) in [7, 11) is 1.77. The SMILES string of the molecule is CCNC(=O)C(C)(C)CNC(=NC)NCCCCC1CCCC1. The van der Waals surface area contributed by atoms with Crippen molar-refractivity contribution in [2.45, 2.75) is 65.7 Å². The van der Waals surface area contributed by atoms with Crippen LogP contribution in [-0.4, -0.2) is 38.5 Å². The number of carbonyl (C=O) groups excluding carboxylic acids is 1. The number of amides is 1. The largest absolute Gasteiger partial charge is 0.356 e. The van der Waals surface area contributed by atoms with Crippen molar-refractivity contribution in [3.8, 4) is 0 Å². The summed E-state index contributed by atoms with van der Waals surface area (Å²) in [5, 5.41) is 9.48. The third-order valence-electron chi connectivity index (χ3n) is 4.68. The molecule has 3 N–H and O–H groups in total. The maximum atomic E-state index is 12.0. The second-order valence-electron chi connectivity index (χ2n) is 7.24. The third-order valence-corrected chi connectivity index (χ3v) is 4.68. The number of hydrogen-bond donors (Lipinski definition) is 3. The van der Waals surface area contributed by atoms with E-state index in [1.54, 1.807) is 7.05 Å². The molecule has 1 amide bonds. The van der Waals surface area contributed by atoms with Gasteiger partial charge in [0, 0.05) is 26.7 Å². The molecule has 1 rings (SSSR count). The molecule has 1 aliphatic rings. The minimum Gasteiger partial charge on any atom is -0.356 e. The second kappa shape index (κ2) is 10.5. The fraction of sp³-hybridized carbons (Fsp3) is 0.889. The molecule has 5 heteroatoms. The van der Waals surface area contributed by atoms with Crippen molar-refractivity contribution in [1.82, 2.24) is 16.0 Å². The summed E-state index contributed by atoms with van der Waals surface area (Å²) in [4.78, 5) is 16.2. The molecular formula is C18H36N4O. The smallest absolute Gasteiger partial charge is 0.227 e. The molecule has 5 nitrogen and oxygen atoms in total. The first-order valence-corrected chi connectivity index (χ1v) is 9.22. The van der Waals surface area contributed by atoms with Crippen molar-refractivity contribution in [3.05, 3.63) is 0 Å². The summed E-state index contributed by atoms with van der Waals surface area (Å²) < 4.78 is 0. The molecule has 1 fully saturated rings. The van der Waals surface area contributed by atoms with Gasteiger partial charge in [-0.1, -0.05) is 38.5 Å². The number of unbranched alkanes of at least 4 members (excludes halogenated alkanes) is 1. The van der Waals surface area contributed by atoms with Crippen molar-refractivity contribution >= 4 is 11.9 Å². The van der Waals surface area contributed by atoms with Crippen LogP contribution >= 0.6 is 0 Å². The van der Waals surface area contributed by atoms with E-state index in [0.29, 0.717) is 13.1 Å². The lowest BCUT2D eigenvalue weighted by molar-refractivity contribution is -0.128. The Kier molecular flexibility index (Phi) is 9.03. The minimum absolute atomic E-state index is 0.0690. The zero-order chi connectivity index (χ0) is 17.1. The molecule has 1 saturated carbocycles. The third kappa shape index (κ3) is 7.71. The first-order chi connectivity index (χ1) is 11.0. The number of aliphatic imine (C=N–C) groups is 1. The van der Waals surface area contributed by atoms with E-state index in [-0.39, 0.29) is 5.91 Å². The first-order valence-electron chi connectivity index (χ1n) is 9.22. The van der Waals surface area contributed by atoms with Crippen LogP contribution in [0.3, 0.4) is 0 Å². The van der Waals surface area contributed by atoms with E-state index >= 15 is 0 Å². The summed E-state index contributed by atoms with van der Waals surface area (Å²) >= 11 is 0. The minimum atomic E-state index is -0.448. The van der Waals surface area contributed by atoms with Crippen molar-refractivity contribution in [2.24, 2.45) is 16.3 Å². The fourth-order valence-electron chi connectivity index (χ4n) is 3.07. The lowest BCUT2D eigenvalue weighted by Gasteiger charge is -2.24. The van der Waals surface area contributed by atoms with E-state index in [0.717, 1.165) is 18.4 Å². The fourth-order valence-corrected chi connectivity index (χ4v) is 3.07. The summed E-state index contributed by atoms with van der Waals surface area (Å²) in [6.07, 6.45) is 9.58.